The minimum absolute atomic E-state index is 0.0313. The van der Waals surface area contributed by atoms with Crippen molar-refractivity contribution in [3.8, 4) is 0 Å². The summed E-state index contributed by atoms with van der Waals surface area (Å²) in [5, 5.41) is 9.31. The third kappa shape index (κ3) is 3.96. The molecule has 3 N–H and O–H groups in total. The zero-order valence-corrected chi connectivity index (χ0v) is 14.5. The summed E-state index contributed by atoms with van der Waals surface area (Å²) in [6.07, 6.45) is 5.92. The first kappa shape index (κ1) is 17.0. The number of fused-ring (bicyclic) bond motifs is 1. The van der Waals surface area contributed by atoms with Gasteiger partial charge in [-0.1, -0.05) is 12.8 Å². The predicted octanol–water partition coefficient (Wildman–Crippen LogP) is 2.68. The largest absolute Gasteiger partial charge is 0.350 e. The number of nitrogens with one attached hydrogen (secondary N) is 3. The van der Waals surface area contributed by atoms with Gasteiger partial charge in [-0.25, -0.2) is 0 Å². The molecule has 2 fully saturated rings. The molecule has 0 radical (unpaired) electrons. The second kappa shape index (κ2) is 7.34. The van der Waals surface area contributed by atoms with Gasteiger partial charge in [0, 0.05) is 23.3 Å². The lowest BCUT2D eigenvalue weighted by molar-refractivity contribution is -0.117. The molecule has 1 aliphatic heterocycles. The number of hydrogen-bond donors (Lipinski definition) is 3. The fourth-order valence-electron chi connectivity index (χ4n) is 3.80. The minimum atomic E-state index is -0.0954. The Bertz CT molecular complexity index is 583. The third-order valence-corrected chi connectivity index (χ3v) is 5.01. The van der Waals surface area contributed by atoms with Gasteiger partial charge in [0.1, 0.15) is 0 Å². The van der Waals surface area contributed by atoms with Crippen LogP contribution >= 0.6 is 0 Å². The van der Waals surface area contributed by atoms with E-state index in [9.17, 15) is 9.59 Å². The second-order valence-electron chi connectivity index (χ2n) is 7.30. The molecule has 5 nitrogen and oxygen atoms in total. The summed E-state index contributed by atoms with van der Waals surface area (Å²) in [5.41, 5.74) is 1.34. The highest BCUT2D eigenvalue weighted by atomic mass is 16.2. The van der Waals surface area contributed by atoms with Crippen LogP contribution in [0.3, 0.4) is 0 Å². The molecule has 3 unspecified atom stereocenters. The van der Waals surface area contributed by atoms with Crippen molar-refractivity contribution in [2.24, 2.45) is 5.92 Å². The average molecular weight is 329 g/mol. The maximum Gasteiger partial charge on any atom is 0.251 e. The Labute approximate surface area is 143 Å². The summed E-state index contributed by atoms with van der Waals surface area (Å²) in [6.45, 7) is 3.86. The molecule has 0 spiro atoms. The van der Waals surface area contributed by atoms with Crippen molar-refractivity contribution in [2.45, 2.75) is 64.1 Å². The summed E-state index contributed by atoms with van der Waals surface area (Å²) in [4.78, 5) is 24.4. The highest BCUT2D eigenvalue weighted by Gasteiger charge is 2.38. The van der Waals surface area contributed by atoms with E-state index in [0.717, 1.165) is 12.1 Å². The summed E-state index contributed by atoms with van der Waals surface area (Å²) in [5.74, 6) is 0.588. The zero-order valence-electron chi connectivity index (χ0n) is 14.5. The van der Waals surface area contributed by atoms with Crippen LogP contribution in [0, 0.1) is 5.92 Å². The van der Waals surface area contributed by atoms with Crippen molar-refractivity contribution in [1.82, 2.24) is 10.6 Å². The van der Waals surface area contributed by atoms with Gasteiger partial charge in [-0.15, -0.1) is 0 Å². The highest BCUT2D eigenvalue weighted by Crippen LogP contribution is 2.33. The first-order valence-corrected chi connectivity index (χ1v) is 9.01. The summed E-state index contributed by atoms with van der Waals surface area (Å²) in [6, 6.07) is 7.58. The fourth-order valence-corrected chi connectivity index (χ4v) is 3.80. The monoisotopic (exact) mass is 329 g/mol. The molecule has 24 heavy (non-hydrogen) atoms. The molecule has 0 bridgehead atoms. The van der Waals surface area contributed by atoms with Crippen molar-refractivity contribution in [3.63, 3.8) is 0 Å². The van der Waals surface area contributed by atoms with Gasteiger partial charge in [-0.05, 0) is 63.3 Å². The van der Waals surface area contributed by atoms with E-state index < -0.39 is 0 Å². The number of carbonyl (C=O) groups is 2. The highest BCUT2D eigenvalue weighted by molar-refractivity contribution is 5.97. The van der Waals surface area contributed by atoms with Gasteiger partial charge < -0.3 is 16.0 Å². The van der Waals surface area contributed by atoms with Gasteiger partial charge in [0.2, 0.25) is 5.91 Å². The normalized spacial score (nSPS) is 26.0. The first-order chi connectivity index (χ1) is 11.5. The number of anilines is 1. The summed E-state index contributed by atoms with van der Waals surface area (Å²) < 4.78 is 0. The first-order valence-electron chi connectivity index (χ1n) is 9.01. The lowest BCUT2D eigenvalue weighted by Crippen LogP contribution is -2.39. The van der Waals surface area contributed by atoms with Crippen molar-refractivity contribution in [2.75, 3.05) is 5.32 Å². The molecule has 1 aliphatic carbocycles. The Morgan fingerprint density at radius 2 is 1.83 bits per heavy atom. The van der Waals surface area contributed by atoms with Crippen molar-refractivity contribution >= 4 is 17.5 Å². The topological polar surface area (TPSA) is 70.2 Å². The van der Waals surface area contributed by atoms with E-state index in [0.29, 0.717) is 17.5 Å². The van der Waals surface area contributed by atoms with E-state index in [1.807, 2.05) is 13.8 Å². The molecule has 1 aromatic carbocycles. The summed E-state index contributed by atoms with van der Waals surface area (Å²) in [7, 11) is 0. The van der Waals surface area contributed by atoms with Crippen LogP contribution in [0.25, 0.3) is 0 Å². The van der Waals surface area contributed by atoms with Crippen LogP contribution < -0.4 is 16.0 Å². The Balaban J connectivity index is 1.56. The summed E-state index contributed by atoms with van der Waals surface area (Å²) >= 11 is 0. The smallest absolute Gasteiger partial charge is 0.251 e. The Hall–Kier alpha value is -1.88. The molecule has 1 saturated carbocycles. The lowest BCUT2D eigenvalue weighted by atomic mass is 9.85. The molecule has 5 heteroatoms. The van der Waals surface area contributed by atoms with E-state index in [1.165, 1.54) is 25.7 Å². The van der Waals surface area contributed by atoms with Crippen LogP contribution in [0.2, 0.25) is 0 Å². The number of benzene rings is 1. The van der Waals surface area contributed by atoms with Gasteiger partial charge in [0.25, 0.3) is 5.91 Å². The quantitative estimate of drug-likeness (QED) is 0.795. The van der Waals surface area contributed by atoms with E-state index in [1.54, 1.807) is 24.3 Å². The molecule has 3 rings (SSSR count). The van der Waals surface area contributed by atoms with Crippen molar-refractivity contribution in [3.05, 3.63) is 29.8 Å². The van der Waals surface area contributed by atoms with Crippen LogP contribution in [0.1, 0.15) is 56.3 Å². The van der Waals surface area contributed by atoms with E-state index in [4.69, 9.17) is 0 Å². The molecule has 2 amide bonds. The molecule has 0 aromatic heterocycles. The van der Waals surface area contributed by atoms with Gasteiger partial charge in [-0.2, -0.15) is 0 Å². The minimum Gasteiger partial charge on any atom is -0.350 e. The fraction of sp³-hybridized carbons (Fsp3) is 0.579. The number of rotatable bonds is 4. The van der Waals surface area contributed by atoms with Crippen LogP contribution in [0.5, 0.6) is 0 Å². The third-order valence-electron chi connectivity index (χ3n) is 5.01. The number of hydrogen-bond acceptors (Lipinski definition) is 3. The van der Waals surface area contributed by atoms with E-state index in [2.05, 4.69) is 16.0 Å². The molecule has 130 valence electrons. The Morgan fingerprint density at radius 1 is 1.12 bits per heavy atom. The maximum absolute atomic E-state index is 12.5. The van der Waals surface area contributed by atoms with Gasteiger partial charge in [0.15, 0.2) is 0 Å². The lowest BCUT2D eigenvalue weighted by Gasteiger charge is -2.24. The van der Waals surface area contributed by atoms with Gasteiger partial charge in [0.05, 0.1) is 6.04 Å². The van der Waals surface area contributed by atoms with Crippen molar-refractivity contribution in [1.29, 1.82) is 0 Å². The predicted molar refractivity (Wildman–Crippen MR) is 95.0 cm³/mol. The standard InChI is InChI=1S/C19H27N3O2/c1-12(2)20-18(23)13-7-9-15(10-8-13)21-19(24)17-11-14-5-3-4-6-16(14)22-17/h7-10,12,14,16-17,22H,3-6,11H2,1-2H3,(H,20,23)(H,21,24). The van der Waals surface area contributed by atoms with Crippen LogP contribution in [0.15, 0.2) is 24.3 Å². The van der Waals surface area contributed by atoms with Crippen molar-refractivity contribution < 1.29 is 9.59 Å². The Kier molecular flexibility index (Phi) is 5.19. The molecular formula is C19H27N3O2. The number of amides is 2. The van der Waals surface area contributed by atoms with Gasteiger partial charge >= 0.3 is 0 Å². The molecule has 1 aromatic rings. The van der Waals surface area contributed by atoms with Crippen LogP contribution in [0.4, 0.5) is 5.69 Å². The van der Waals surface area contributed by atoms with E-state index >= 15 is 0 Å². The molecular weight excluding hydrogens is 302 g/mol. The average Bonchev–Trinajstić information content (AvgIpc) is 2.99. The molecule has 2 aliphatic rings. The van der Waals surface area contributed by atoms with Crippen LogP contribution in [-0.4, -0.2) is 29.9 Å². The van der Waals surface area contributed by atoms with E-state index in [-0.39, 0.29) is 23.9 Å². The van der Waals surface area contributed by atoms with Crippen LogP contribution in [-0.2, 0) is 4.79 Å². The molecule has 3 atom stereocenters. The molecule has 1 saturated heterocycles. The second-order valence-corrected chi connectivity index (χ2v) is 7.30. The Morgan fingerprint density at radius 3 is 2.50 bits per heavy atom. The zero-order chi connectivity index (χ0) is 17.1. The molecule has 1 heterocycles. The number of carbonyl (C=O) groups excluding carboxylic acids is 2. The maximum atomic E-state index is 12.5. The van der Waals surface area contributed by atoms with Gasteiger partial charge in [-0.3, -0.25) is 9.59 Å². The SMILES string of the molecule is CC(C)NC(=O)c1ccc(NC(=O)C2CC3CCCCC3N2)cc1.